The number of methoxy groups -OCH3 is 1. The highest BCUT2D eigenvalue weighted by Crippen LogP contribution is 2.35. The highest BCUT2D eigenvalue weighted by molar-refractivity contribution is 5.91. The van der Waals surface area contributed by atoms with Gasteiger partial charge in [0, 0.05) is 14.1 Å². The van der Waals surface area contributed by atoms with Crippen LogP contribution < -0.4 is 10.1 Å². The fourth-order valence-electron chi connectivity index (χ4n) is 1.72. The van der Waals surface area contributed by atoms with Gasteiger partial charge in [0.1, 0.15) is 5.75 Å². The molecule has 0 spiro atoms. The number of anilines is 1. The Morgan fingerprint density at radius 3 is 2.61 bits per heavy atom. The maximum atomic E-state index is 11.7. The van der Waals surface area contributed by atoms with Gasteiger partial charge in [-0.3, -0.25) is 0 Å². The summed E-state index contributed by atoms with van der Waals surface area (Å²) in [5.74, 6) is 1.15. The summed E-state index contributed by atoms with van der Waals surface area (Å²) in [6.07, 6.45) is 1.03. The molecule has 1 rings (SSSR count). The van der Waals surface area contributed by atoms with Crippen LogP contribution in [-0.4, -0.2) is 32.1 Å². The quantitative estimate of drug-likeness (QED) is 0.890. The van der Waals surface area contributed by atoms with Gasteiger partial charge in [0.15, 0.2) is 0 Å². The van der Waals surface area contributed by atoms with Crippen molar-refractivity contribution in [3.63, 3.8) is 0 Å². The SMILES string of the molecule is CCC(C)c1cccc(NC(=O)N(C)C)c1OC. The summed E-state index contributed by atoms with van der Waals surface area (Å²) in [5, 5.41) is 2.84. The summed E-state index contributed by atoms with van der Waals surface area (Å²) < 4.78 is 5.45. The molecule has 0 bridgehead atoms. The van der Waals surface area contributed by atoms with Crippen molar-refractivity contribution in [2.75, 3.05) is 26.5 Å². The van der Waals surface area contributed by atoms with Crippen LogP contribution in [0.15, 0.2) is 18.2 Å². The van der Waals surface area contributed by atoms with Crippen molar-refractivity contribution >= 4 is 11.7 Å². The van der Waals surface area contributed by atoms with Gasteiger partial charge in [-0.25, -0.2) is 4.79 Å². The van der Waals surface area contributed by atoms with E-state index in [4.69, 9.17) is 4.74 Å². The maximum absolute atomic E-state index is 11.7. The van der Waals surface area contributed by atoms with Gasteiger partial charge < -0.3 is 15.0 Å². The number of nitrogens with one attached hydrogen (secondary N) is 1. The lowest BCUT2D eigenvalue weighted by Crippen LogP contribution is -2.27. The number of benzene rings is 1. The monoisotopic (exact) mass is 250 g/mol. The Hall–Kier alpha value is -1.71. The second kappa shape index (κ2) is 6.28. The van der Waals surface area contributed by atoms with E-state index in [0.29, 0.717) is 11.6 Å². The largest absolute Gasteiger partial charge is 0.494 e. The van der Waals surface area contributed by atoms with Crippen LogP contribution in [0.4, 0.5) is 10.5 Å². The van der Waals surface area contributed by atoms with E-state index >= 15 is 0 Å². The topological polar surface area (TPSA) is 41.6 Å². The van der Waals surface area contributed by atoms with Crippen molar-refractivity contribution < 1.29 is 9.53 Å². The van der Waals surface area contributed by atoms with Crippen LogP contribution in [0.25, 0.3) is 0 Å². The van der Waals surface area contributed by atoms with Crippen molar-refractivity contribution in [3.05, 3.63) is 23.8 Å². The molecule has 4 nitrogen and oxygen atoms in total. The van der Waals surface area contributed by atoms with Gasteiger partial charge in [-0.1, -0.05) is 26.0 Å². The molecule has 0 aliphatic carbocycles. The molecule has 0 aliphatic rings. The highest BCUT2D eigenvalue weighted by atomic mass is 16.5. The number of amides is 2. The molecular formula is C14H22N2O2. The van der Waals surface area contributed by atoms with Crippen LogP contribution in [-0.2, 0) is 0 Å². The molecule has 4 heteroatoms. The van der Waals surface area contributed by atoms with E-state index < -0.39 is 0 Å². The van der Waals surface area contributed by atoms with Crippen molar-refractivity contribution in [2.45, 2.75) is 26.2 Å². The average molecular weight is 250 g/mol. The van der Waals surface area contributed by atoms with Gasteiger partial charge in [0.2, 0.25) is 0 Å². The molecule has 0 fully saturated rings. The van der Waals surface area contributed by atoms with E-state index in [-0.39, 0.29) is 6.03 Å². The summed E-state index contributed by atoms with van der Waals surface area (Å²) in [6.45, 7) is 4.28. The first-order valence-corrected chi connectivity index (χ1v) is 6.16. The minimum Gasteiger partial charge on any atom is -0.494 e. The normalized spacial score (nSPS) is 11.8. The van der Waals surface area contributed by atoms with E-state index in [1.165, 1.54) is 4.90 Å². The molecule has 1 unspecified atom stereocenters. The van der Waals surface area contributed by atoms with Gasteiger partial charge in [-0.05, 0) is 24.0 Å². The molecule has 2 amide bonds. The molecule has 1 N–H and O–H groups in total. The number of rotatable bonds is 4. The van der Waals surface area contributed by atoms with E-state index in [0.717, 1.165) is 17.7 Å². The number of ether oxygens (including phenoxy) is 1. The lowest BCUT2D eigenvalue weighted by Gasteiger charge is -2.19. The first kappa shape index (κ1) is 14.4. The molecule has 1 aromatic rings. The number of carbonyl (C=O) groups excluding carboxylic acids is 1. The van der Waals surface area contributed by atoms with Crippen LogP contribution >= 0.6 is 0 Å². The highest BCUT2D eigenvalue weighted by Gasteiger charge is 2.15. The minimum atomic E-state index is -0.158. The third kappa shape index (κ3) is 3.15. The van der Waals surface area contributed by atoms with Crippen molar-refractivity contribution in [2.24, 2.45) is 0 Å². The first-order chi connectivity index (χ1) is 8.51. The van der Waals surface area contributed by atoms with Crippen molar-refractivity contribution in [1.82, 2.24) is 4.90 Å². The van der Waals surface area contributed by atoms with E-state index in [9.17, 15) is 4.79 Å². The smallest absolute Gasteiger partial charge is 0.321 e. The van der Waals surface area contributed by atoms with E-state index in [1.807, 2.05) is 18.2 Å². The lowest BCUT2D eigenvalue weighted by atomic mass is 9.97. The molecule has 0 aromatic heterocycles. The second-order valence-electron chi connectivity index (χ2n) is 4.56. The zero-order chi connectivity index (χ0) is 13.7. The third-order valence-corrected chi connectivity index (χ3v) is 3.04. The average Bonchev–Trinajstić information content (AvgIpc) is 2.37. The maximum Gasteiger partial charge on any atom is 0.321 e. The van der Waals surface area contributed by atoms with Gasteiger partial charge in [0.05, 0.1) is 12.8 Å². The Balaban J connectivity index is 3.09. The molecule has 0 saturated heterocycles. The second-order valence-corrected chi connectivity index (χ2v) is 4.56. The third-order valence-electron chi connectivity index (χ3n) is 3.04. The van der Waals surface area contributed by atoms with Gasteiger partial charge in [-0.15, -0.1) is 0 Å². The molecule has 1 aromatic carbocycles. The van der Waals surface area contributed by atoms with Gasteiger partial charge in [0.25, 0.3) is 0 Å². The molecule has 0 heterocycles. The number of para-hydroxylation sites is 1. The standard InChI is InChI=1S/C14H22N2O2/c1-6-10(2)11-8-7-9-12(13(11)18-5)15-14(17)16(3)4/h7-10H,6H2,1-5H3,(H,15,17). The molecule has 0 saturated carbocycles. The summed E-state index contributed by atoms with van der Waals surface area (Å²) in [6, 6.07) is 5.68. The predicted octanol–water partition coefficient (Wildman–Crippen LogP) is 3.30. The van der Waals surface area contributed by atoms with Crippen molar-refractivity contribution in [3.8, 4) is 5.75 Å². The Bertz CT molecular complexity index is 416. The summed E-state index contributed by atoms with van der Waals surface area (Å²) in [7, 11) is 5.05. The summed E-state index contributed by atoms with van der Waals surface area (Å²) in [5.41, 5.74) is 1.84. The zero-order valence-corrected chi connectivity index (χ0v) is 11.8. The minimum absolute atomic E-state index is 0.158. The van der Waals surface area contributed by atoms with Gasteiger partial charge >= 0.3 is 6.03 Å². The summed E-state index contributed by atoms with van der Waals surface area (Å²) >= 11 is 0. The number of nitrogens with zero attached hydrogens (tertiary/aromatic N) is 1. The lowest BCUT2D eigenvalue weighted by molar-refractivity contribution is 0.230. The van der Waals surface area contributed by atoms with E-state index in [2.05, 4.69) is 19.2 Å². The molecule has 1 atom stereocenters. The summed E-state index contributed by atoms with van der Waals surface area (Å²) in [4.78, 5) is 13.2. The molecule has 0 radical (unpaired) electrons. The Labute approximate surface area is 109 Å². The Morgan fingerprint density at radius 2 is 2.11 bits per heavy atom. The zero-order valence-electron chi connectivity index (χ0n) is 11.8. The van der Waals surface area contributed by atoms with E-state index in [1.54, 1.807) is 21.2 Å². The molecular weight excluding hydrogens is 228 g/mol. The van der Waals surface area contributed by atoms with Crippen molar-refractivity contribution in [1.29, 1.82) is 0 Å². The Morgan fingerprint density at radius 1 is 1.44 bits per heavy atom. The number of urea groups is 1. The molecule has 0 aliphatic heterocycles. The van der Waals surface area contributed by atoms with Crippen LogP contribution in [0.2, 0.25) is 0 Å². The predicted molar refractivity (Wildman–Crippen MR) is 74.4 cm³/mol. The first-order valence-electron chi connectivity index (χ1n) is 6.16. The Kier molecular flexibility index (Phi) is 5.01. The van der Waals surface area contributed by atoms with Gasteiger partial charge in [-0.2, -0.15) is 0 Å². The van der Waals surface area contributed by atoms with Crippen LogP contribution in [0.3, 0.4) is 0 Å². The fourth-order valence-corrected chi connectivity index (χ4v) is 1.72. The van der Waals surface area contributed by atoms with Crippen LogP contribution in [0.1, 0.15) is 31.7 Å². The fraction of sp³-hybridized carbons (Fsp3) is 0.500. The molecule has 100 valence electrons. The molecule has 18 heavy (non-hydrogen) atoms. The van der Waals surface area contributed by atoms with Crippen LogP contribution in [0.5, 0.6) is 5.75 Å². The number of hydrogen-bond donors (Lipinski definition) is 1. The van der Waals surface area contributed by atoms with Crippen LogP contribution in [0, 0.1) is 0 Å². The number of carbonyl (C=O) groups is 1. The number of hydrogen-bond acceptors (Lipinski definition) is 2.